The minimum Gasteiger partial charge on any atom is -0.497 e. The molecular formula is C28H35N3O6. The number of Topliss-reactive ketones (excluding diaryl/α,β-unsaturated/α-hetero) is 1. The molecule has 2 heterocycles. The third-order valence-corrected chi connectivity index (χ3v) is 6.29. The maximum absolute atomic E-state index is 13.4. The van der Waals surface area contributed by atoms with Crippen molar-refractivity contribution in [3.8, 4) is 5.75 Å². The van der Waals surface area contributed by atoms with Crippen LogP contribution in [0.3, 0.4) is 0 Å². The first-order valence-corrected chi connectivity index (χ1v) is 12.5. The van der Waals surface area contributed by atoms with Crippen molar-refractivity contribution >= 4 is 23.5 Å². The van der Waals surface area contributed by atoms with Gasteiger partial charge in [0, 0.05) is 6.42 Å². The molecule has 3 amide bonds. The molecule has 2 fully saturated rings. The quantitative estimate of drug-likeness (QED) is 0.313. The summed E-state index contributed by atoms with van der Waals surface area (Å²) in [4.78, 5) is 50.5. The molecule has 9 nitrogen and oxygen atoms in total. The summed E-state index contributed by atoms with van der Waals surface area (Å²) in [5.41, 5.74) is 0.771. The Morgan fingerprint density at radius 1 is 1.00 bits per heavy atom. The summed E-state index contributed by atoms with van der Waals surface area (Å²) < 4.78 is 10.5. The molecule has 198 valence electrons. The molecular weight excluding hydrogens is 474 g/mol. The molecule has 0 saturated carbocycles. The summed E-state index contributed by atoms with van der Waals surface area (Å²) in [5.74, 6) is -0.690. The van der Waals surface area contributed by atoms with Gasteiger partial charge in [-0.3, -0.25) is 19.2 Å². The van der Waals surface area contributed by atoms with Crippen LogP contribution in [0.5, 0.6) is 5.75 Å². The van der Waals surface area contributed by atoms with Crippen LogP contribution in [0.15, 0.2) is 54.6 Å². The number of epoxide rings is 1. The molecule has 0 bridgehead atoms. The first-order chi connectivity index (χ1) is 17.8. The highest BCUT2D eigenvalue weighted by Gasteiger charge is 2.50. The number of ether oxygens (including phenoxy) is 2. The molecule has 0 radical (unpaired) electrons. The predicted molar refractivity (Wildman–Crippen MR) is 138 cm³/mol. The molecule has 3 N–H and O–H groups in total. The number of hydrogen-bond acceptors (Lipinski definition) is 6. The van der Waals surface area contributed by atoms with E-state index < -0.39 is 35.5 Å². The summed E-state index contributed by atoms with van der Waals surface area (Å²) in [5, 5.41) is 8.10. The molecule has 2 aliphatic rings. The van der Waals surface area contributed by atoms with Crippen molar-refractivity contribution in [2.24, 2.45) is 0 Å². The molecule has 9 heteroatoms. The van der Waals surface area contributed by atoms with E-state index in [0.29, 0.717) is 18.8 Å². The van der Waals surface area contributed by atoms with E-state index in [-0.39, 0.29) is 24.5 Å². The van der Waals surface area contributed by atoms with Gasteiger partial charge in [0.05, 0.1) is 26.2 Å². The monoisotopic (exact) mass is 509 g/mol. The van der Waals surface area contributed by atoms with E-state index in [1.807, 2.05) is 56.3 Å². The highest BCUT2D eigenvalue weighted by molar-refractivity contribution is 6.00. The Bertz CT molecular complexity index is 1090. The van der Waals surface area contributed by atoms with E-state index in [1.54, 1.807) is 26.2 Å². The number of rotatable bonds is 11. The summed E-state index contributed by atoms with van der Waals surface area (Å²) >= 11 is 0. The third-order valence-electron chi connectivity index (χ3n) is 6.29. The van der Waals surface area contributed by atoms with Crippen molar-refractivity contribution in [2.75, 3.05) is 13.7 Å². The van der Waals surface area contributed by atoms with Gasteiger partial charge in [0.15, 0.2) is 5.78 Å². The second-order valence-electron chi connectivity index (χ2n) is 9.07. The lowest BCUT2D eigenvalue weighted by atomic mass is 9.94. The molecule has 0 aromatic heterocycles. The Labute approximate surface area is 217 Å². The number of carbonyl (C=O) groups is 4. The molecule has 37 heavy (non-hydrogen) atoms. The fourth-order valence-electron chi connectivity index (χ4n) is 3.95. The van der Waals surface area contributed by atoms with E-state index >= 15 is 0 Å². The average Bonchev–Trinajstić information content (AvgIpc) is 3.66. The van der Waals surface area contributed by atoms with E-state index in [4.69, 9.17) is 9.47 Å². The Morgan fingerprint density at radius 2 is 1.57 bits per heavy atom. The highest BCUT2D eigenvalue weighted by atomic mass is 16.6. The molecule has 0 aliphatic carbocycles. The van der Waals surface area contributed by atoms with Gasteiger partial charge in [-0.15, -0.1) is 0 Å². The van der Waals surface area contributed by atoms with Gasteiger partial charge >= 0.3 is 0 Å². The van der Waals surface area contributed by atoms with E-state index in [1.165, 1.54) is 0 Å². The SMILES string of the molecule is CC.COc1ccc(CC(NC(=O)C2CC(=O)N2)C(=O)NC(Cc2ccccc2)C(=O)C2(C)CO2)cc1. The van der Waals surface area contributed by atoms with Crippen LogP contribution in [0, 0.1) is 0 Å². The Morgan fingerprint density at radius 3 is 2.11 bits per heavy atom. The second kappa shape index (κ2) is 12.5. The largest absolute Gasteiger partial charge is 0.497 e. The van der Waals surface area contributed by atoms with Crippen molar-refractivity contribution in [3.05, 3.63) is 65.7 Å². The van der Waals surface area contributed by atoms with Crippen LogP contribution in [0.25, 0.3) is 0 Å². The van der Waals surface area contributed by atoms with Gasteiger partial charge in [-0.05, 0) is 36.6 Å². The zero-order valence-corrected chi connectivity index (χ0v) is 21.7. The van der Waals surface area contributed by atoms with Crippen molar-refractivity contribution < 1.29 is 28.7 Å². The molecule has 4 atom stereocenters. The first-order valence-electron chi connectivity index (χ1n) is 12.5. The number of ketones is 1. The third kappa shape index (κ3) is 7.39. The number of methoxy groups -OCH3 is 1. The summed E-state index contributed by atoms with van der Waals surface area (Å²) in [6.07, 6.45) is 0.571. The normalized spacial score (nSPS) is 21.1. The van der Waals surface area contributed by atoms with Crippen molar-refractivity contribution in [1.29, 1.82) is 0 Å². The van der Waals surface area contributed by atoms with Gasteiger partial charge in [-0.1, -0.05) is 56.3 Å². The maximum Gasteiger partial charge on any atom is 0.243 e. The Balaban J connectivity index is 0.00000186. The first kappa shape index (κ1) is 27.9. The molecule has 2 aromatic carbocycles. The predicted octanol–water partition coefficient (Wildman–Crippen LogP) is 1.72. The van der Waals surface area contributed by atoms with E-state index in [9.17, 15) is 19.2 Å². The zero-order chi connectivity index (χ0) is 27.0. The van der Waals surface area contributed by atoms with Crippen molar-refractivity contribution in [1.82, 2.24) is 16.0 Å². The lowest BCUT2D eigenvalue weighted by Gasteiger charge is -2.29. The number of hydrogen-bond donors (Lipinski definition) is 3. The van der Waals surface area contributed by atoms with Crippen LogP contribution in [0.4, 0.5) is 0 Å². The van der Waals surface area contributed by atoms with Gasteiger partial charge in [-0.2, -0.15) is 0 Å². The van der Waals surface area contributed by atoms with Gasteiger partial charge in [-0.25, -0.2) is 0 Å². The molecule has 2 saturated heterocycles. The fourth-order valence-corrected chi connectivity index (χ4v) is 3.95. The Kier molecular flexibility index (Phi) is 9.41. The minimum absolute atomic E-state index is 0.0769. The molecule has 0 spiro atoms. The summed E-state index contributed by atoms with van der Waals surface area (Å²) in [7, 11) is 1.56. The van der Waals surface area contributed by atoms with Crippen LogP contribution in [0.1, 0.15) is 38.3 Å². The number of carbonyl (C=O) groups excluding carboxylic acids is 4. The number of amides is 3. The van der Waals surface area contributed by atoms with Gasteiger partial charge in [0.2, 0.25) is 17.7 Å². The molecule has 4 unspecified atom stereocenters. The second-order valence-corrected chi connectivity index (χ2v) is 9.07. The topological polar surface area (TPSA) is 126 Å². The van der Waals surface area contributed by atoms with Crippen LogP contribution >= 0.6 is 0 Å². The van der Waals surface area contributed by atoms with Crippen LogP contribution < -0.4 is 20.7 Å². The number of benzene rings is 2. The lowest BCUT2D eigenvalue weighted by Crippen LogP contribution is -2.61. The van der Waals surface area contributed by atoms with Gasteiger partial charge < -0.3 is 25.4 Å². The molecule has 4 rings (SSSR count). The Hall–Kier alpha value is -3.72. The summed E-state index contributed by atoms with van der Waals surface area (Å²) in [6.45, 7) is 6.01. The fraction of sp³-hybridized carbons (Fsp3) is 0.429. The number of nitrogens with one attached hydrogen (secondary N) is 3. The van der Waals surface area contributed by atoms with Gasteiger partial charge in [0.25, 0.3) is 0 Å². The molecule has 2 aromatic rings. The highest BCUT2D eigenvalue weighted by Crippen LogP contribution is 2.29. The zero-order valence-electron chi connectivity index (χ0n) is 21.7. The number of β-lactam (4-membered cyclic amide) rings is 1. The molecule has 2 aliphatic heterocycles. The van der Waals surface area contributed by atoms with E-state index in [2.05, 4.69) is 16.0 Å². The lowest BCUT2D eigenvalue weighted by molar-refractivity contribution is -0.139. The van der Waals surface area contributed by atoms with Gasteiger partial charge in [0.1, 0.15) is 23.4 Å². The maximum atomic E-state index is 13.4. The smallest absolute Gasteiger partial charge is 0.243 e. The standard InChI is InChI=1S/C26H29N3O6.C2H6/c1-26(15-35-26)23(31)19(12-16-6-4-3-5-7-16)28-24(32)20(29-25(33)21-14-22(30)27-21)13-17-8-10-18(34-2)11-9-17;1-2/h3-11,19-21H,12-15H2,1-2H3,(H,27,30)(H,28,32)(H,29,33);1-2H3. The van der Waals surface area contributed by atoms with Crippen molar-refractivity contribution in [2.45, 2.75) is 63.8 Å². The van der Waals surface area contributed by atoms with Crippen LogP contribution in [-0.4, -0.2) is 60.9 Å². The van der Waals surface area contributed by atoms with Crippen molar-refractivity contribution in [3.63, 3.8) is 0 Å². The van der Waals surface area contributed by atoms with Crippen LogP contribution in [0.2, 0.25) is 0 Å². The van der Waals surface area contributed by atoms with Crippen LogP contribution in [-0.2, 0) is 36.8 Å². The average molecular weight is 510 g/mol. The van der Waals surface area contributed by atoms with E-state index in [0.717, 1.165) is 11.1 Å². The minimum atomic E-state index is -0.951. The summed E-state index contributed by atoms with van der Waals surface area (Å²) in [6, 6.07) is 14.1.